The van der Waals surface area contributed by atoms with Crippen molar-refractivity contribution in [3.63, 3.8) is 0 Å². The van der Waals surface area contributed by atoms with Gasteiger partial charge in [-0.3, -0.25) is 9.59 Å². The predicted molar refractivity (Wildman–Crippen MR) is 84.2 cm³/mol. The molecule has 3 atom stereocenters. The molecule has 6 heteroatoms. The first-order valence-electron chi connectivity index (χ1n) is 7.44. The second-order valence-electron chi connectivity index (χ2n) is 6.08. The van der Waals surface area contributed by atoms with E-state index < -0.39 is 11.9 Å². The van der Waals surface area contributed by atoms with E-state index in [9.17, 15) is 9.59 Å². The number of rotatable bonds is 3. The molecule has 1 aliphatic heterocycles. The van der Waals surface area contributed by atoms with Crippen molar-refractivity contribution < 1.29 is 14.7 Å². The van der Waals surface area contributed by atoms with Crippen molar-refractivity contribution in [3.8, 4) is 0 Å². The standard InChI is InChI=1S/C16H17Cl2NO3/c17-13-4-3-9(6-14(13)18)11-7-12(11)15(20)19-5-1-2-10(8-19)16(21)22/h3-4,6,10-12H,1-2,5,7-8H2,(H,21,22)/t10-,11-,12+/m1/s1. The average molecular weight is 342 g/mol. The van der Waals surface area contributed by atoms with Crippen LogP contribution < -0.4 is 0 Å². The van der Waals surface area contributed by atoms with E-state index in [1.54, 1.807) is 11.0 Å². The van der Waals surface area contributed by atoms with Crippen LogP contribution in [0.15, 0.2) is 18.2 Å². The lowest BCUT2D eigenvalue weighted by molar-refractivity contribution is -0.146. The van der Waals surface area contributed by atoms with Crippen molar-refractivity contribution in [2.45, 2.75) is 25.2 Å². The summed E-state index contributed by atoms with van der Waals surface area (Å²) in [6.45, 7) is 0.992. The van der Waals surface area contributed by atoms with Gasteiger partial charge in [0.1, 0.15) is 0 Å². The Morgan fingerprint density at radius 2 is 2.00 bits per heavy atom. The van der Waals surface area contributed by atoms with Gasteiger partial charge in [0.15, 0.2) is 0 Å². The van der Waals surface area contributed by atoms with Crippen LogP contribution in [0.3, 0.4) is 0 Å². The number of amides is 1. The van der Waals surface area contributed by atoms with E-state index in [1.165, 1.54) is 0 Å². The topological polar surface area (TPSA) is 57.6 Å². The number of likely N-dealkylation sites (tertiary alicyclic amines) is 1. The molecule has 1 aromatic rings. The Labute approximate surface area is 139 Å². The van der Waals surface area contributed by atoms with Crippen LogP contribution in [-0.4, -0.2) is 35.0 Å². The van der Waals surface area contributed by atoms with Crippen LogP contribution in [0.5, 0.6) is 0 Å². The third-order valence-electron chi connectivity index (χ3n) is 4.56. The van der Waals surface area contributed by atoms with Crippen molar-refractivity contribution in [1.82, 2.24) is 4.90 Å². The number of halogens is 2. The maximum absolute atomic E-state index is 12.5. The molecule has 1 saturated heterocycles. The smallest absolute Gasteiger partial charge is 0.308 e. The second-order valence-corrected chi connectivity index (χ2v) is 6.90. The van der Waals surface area contributed by atoms with Gasteiger partial charge in [0.25, 0.3) is 0 Å². The number of benzene rings is 1. The molecule has 1 saturated carbocycles. The van der Waals surface area contributed by atoms with Crippen molar-refractivity contribution in [1.29, 1.82) is 0 Å². The number of aliphatic carboxylic acids is 1. The Morgan fingerprint density at radius 1 is 1.23 bits per heavy atom. The molecule has 2 fully saturated rings. The molecule has 0 bridgehead atoms. The summed E-state index contributed by atoms with van der Waals surface area (Å²) in [5.41, 5.74) is 1.03. The molecule has 0 aromatic heterocycles. The third kappa shape index (κ3) is 3.08. The van der Waals surface area contributed by atoms with Crippen molar-refractivity contribution >= 4 is 35.1 Å². The van der Waals surface area contributed by atoms with Gasteiger partial charge < -0.3 is 10.0 Å². The van der Waals surface area contributed by atoms with E-state index in [1.807, 2.05) is 12.1 Å². The van der Waals surface area contributed by atoms with Crippen LogP contribution in [0, 0.1) is 11.8 Å². The molecule has 118 valence electrons. The van der Waals surface area contributed by atoms with Crippen molar-refractivity contribution in [3.05, 3.63) is 33.8 Å². The summed E-state index contributed by atoms with van der Waals surface area (Å²) in [5, 5.41) is 10.1. The number of nitrogens with zero attached hydrogens (tertiary/aromatic N) is 1. The van der Waals surface area contributed by atoms with E-state index in [2.05, 4.69) is 0 Å². The van der Waals surface area contributed by atoms with Crippen LogP contribution in [0.2, 0.25) is 10.0 Å². The second kappa shape index (κ2) is 6.09. The minimum absolute atomic E-state index is 0.0511. The molecular formula is C16H17Cl2NO3. The molecule has 4 nitrogen and oxygen atoms in total. The average Bonchev–Trinajstić information content (AvgIpc) is 3.30. The zero-order valence-corrected chi connectivity index (χ0v) is 13.5. The fourth-order valence-electron chi connectivity index (χ4n) is 3.19. The summed E-state index contributed by atoms with van der Waals surface area (Å²) in [6, 6.07) is 5.47. The number of carbonyl (C=O) groups is 2. The molecule has 0 unspecified atom stereocenters. The SMILES string of the molecule is O=C(O)[C@@H]1CCCN(C(=O)[C@H]2C[C@@H]2c2ccc(Cl)c(Cl)c2)C1. The Bertz CT molecular complexity index is 619. The maximum Gasteiger partial charge on any atom is 0.308 e. The number of piperidine rings is 1. The fraction of sp³-hybridized carbons (Fsp3) is 0.500. The molecule has 1 aliphatic carbocycles. The van der Waals surface area contributed by atoms with Crippen molar-refractivity contribution in [2.24, 2.45) is 11.8 Å². The zero-order chi connectivity index (χ0) is 15.9. The summed E-state index contributed by atoms with van der Waals surface area (Å²) >= 11 is 11.9. The van der Waals surface area contributed by atoms with Gasteiger partial charge in [-0.05, 0) is 42.9 Å². The molecule has 1 heterocycles. The monoisotopic (exact) mass is 341 g/mol. The first-order valence-corrected chi connectivity index (χ1v) is 8.19. The van der Waals surface area contributed by atoms with Gasteiger partial charge >= 0.3 is 5.97 Å². The number of carboxylic acids is 1. The van der Waals surface area contributed by atoms with Crippen LogP contribution in [0.25, 0.3) is 0 Å². The summed E-state index contributed by atoms with van der Waals surface area (Å²) in [5.74, 6) is -1.05. The molecule has 2 aliphatic rings. The first kappa shape index (κ1) is 15.6. The molecule has 22 heavy (non-hydrogen) atoms. The van der Waals surface area contributed by atoms with E-state index in [-0.39, 0.29) is 17.7 Å². The molecule has 0 radical (unpaired) electrons. The summed E-state index contributed by atoms with van der Waals surface area (Å²) in [6.07, 6.45) is 2.21. The lowest BCUT2D eigenvalue weighted by Gasteiger charge is -2.31. The number of carboxylic acid groups (broad SMARTS) is 1. The fourth-order valence-corrected chi connectivity index (χ4v) is 3.50. The summed E-state index contributed by atoms with van der Waals surface area (Å²) in [7, 11) is 0. The Balaban J connectivity index is 1.65. The Kier molecular flexibility index (Phi) is 4.33. The van der Waals surface area contributed by atoms with Gasteiger partial charge in [-0.15, -0.1) is 0 Å². The van der Waals surface area contributed by atoms with Crippen LogP contribution in [0.1, 0.15) is 30.7 Å². The van der Waals surface area contributed by atoms with Crippen molar-refractivity contribution in [2.75, 3.05) is 13.1 Å². The highest BCUT2D eigenvalue weighted by atomic mass is 35.5. The van der Waals surface area contributed by atoms with Gasteiger partial charge in [0.2, 0.25) is 5.91 Å². The maximum atomic E-state index is 12.5. The van der Waals surface area contributed by atoms with Gasteiger partial charge in [-0.25, -0.2) is 0 Å². The van der Waals surface area contributed by atoms with Crippen LogP contribution in [0.4, 0.5) is 0 Å². The van der Waals surface area contributed by atoms with E-state index in [4.69, 9.17) is 28.3 Å². The molecule has 1 aromatic carbocycles. The van der Waals surface area contributed by atoms with Crippen LogP contribution >= 0.6 is 23.2 Å². The number of hydrogen-bond donors (Lipinski definition) is 1. The first-order chi connectivity index (χ1) is 10.5. The quantitative estimate of drug-likeness (QED) is 0.916. The van der Waals surface area contributed by atoms with E-state index >= 15 is 0 Å². The third-order valence-corrected chi connectivity index (χ3v) is 5.30. The molecular weight excluding hydrogens is 325 g/mol. The molecule has 0 spiro atoms. The lowest BCUT2D eigenvalue weighted by atomic mass is 9.97. The highest BCUT2D eigenvalue weighted by Gasteiger charge is 2.46. The highest BCUT2D eigenvalue weighted by molar-refractivity contribution is 6.42. The Morgan fingerprint density at radius 3 is 2.68 bits per heavy atom. The Hall–Kier alpha value is -1.26. The lowest BCUT2D eigenvalue weighted by Crippen LogP contribution is -2.43. The van der Waals surface area contributed by atoms with E-state index in [0.29, 0.717) is 29.6 Å². The highest BCUT2D eigenvalue weighted by Crippen LogP contribution is 2.49. The summed E-state index contributed by atoms with van der Waals surface area (Å²) in [4.78, 5) is 25.3. The molecule has 1 amide bonds. The van der Waals surface area contributed by atoms with Gasteiger partial charge in [-0.2, -0.15) is 0 Å². The largest absolute Gasteiger partial charge is 0.481 e. The zero-order valence-electron chi connectivity index (χ0n) is 12.0. The summed E-state index contributed by atoms with van der Waals surface area (Å²) < 4.78 is 0. The van der Waals surface area contributed by atoms with Gasteiger partial charge in [-0.1, -0.05) is 29.3 Å². The number of carbonyl (C=O) groups excluding carboxylic acids is 1. The molecule has 1 N–H and O–H groups in total. The predicted octanol–water partition coefficient (Wildman–Crippen LogP) is 3.42. The van der Waals surface area contributed by atoms with Gasteiger partial charge in [0.05, 0.1) is 16.0 Å². The van der Waals surface area contributed by atoms with Crippen LogP contribution in [-0.2, 0) is 9.59 Å². The normalized spacial score (nSPS) is 27.5. The minimum Gasteiger partial charge on any atom is -0.481 e. The van der Waals surface area contributed by atoms with E-state index in [0.717, 1.165) is 18.4 Å². The molecule has 3 rings (SSSR count). The van der Waals surface area contributed by atoms with Gasteiger partial charge in [0, 0.05) is 19.0 Å². The number of hydrogen-bond acceptors (Lipinski definition) is 2. The minimum atomic E-state index is -0.811.